The van der Waals surface area contributed by atoms with Gasteiger partial charge in [-0.1, -0.05) is 0 Å². The van der Waals surface area contributed by atoms with Crippen LogP contribution in [-0.4, -0.2) is 47.7 Å². The largest absolute Gasteiger partial charge is 0.480 e. The molecular formula is C14H17NO5. The van der Waals surface area contributed by atoms with E-state index in [0.717, 1.165) is 0 Å². The van der Waals surface area contributed by atoms with E-state index in [1.807, 2.05) is 0 Å². The molecule has 0 spiro atoms. The van der Waals surface area contributed by atoms with Gasteiger partial charge in [-0.3, -0.25) is 4.79 Å². The average Bonchev–Trinajstić information content (AvgIpc) is 2.96. The molecule has 0 aliphatic carbocycles. The molecular weight excluding hydrogens is 262 g/mol. The molecule has 108 valence electrons. The van der Waals surface area contributed by atoms with Gasteiger partial charge < -0.3 is 19.2 Å². The first kappa shape index (κ1) is 14.3. The zero-order chi connectivity index (χ0) is 14.4. The van der Waals surface area contributed by atoms with Crippen molar-refractivity contribution in [3.63, 3.8) is 0 Å². The number of furan rings is 1. The molecule has 1 aliphatic rings. The van der Waals surface area contributed by atoms with Gasteiger partial charge in [0.1, 0.15) is 12.4 Å². The van der Waals surface area contributed by atoms with Crippen molar-refractivity contribution in [1.82, 2.24) is 4.90 Å². The van der Waals surface area contributed by atoms with Gasteiger partial charge in [0, 0.05) is 19.2 Å². The summed E-state index contributed by atoms with van der Waals surface area (Å²) in [7, 11) is 0. The Bertz CT molecular complexity index is 472. The van der Waals surface area contributed by atoms with Crippen molar-refractivity contribution in [3.05, 3.63) is 30.2 Å². The van der Waals surface area contributed by atoms with Crippen molar-refractivity contribution in [2.24, 2.45) is 0 Å². The molecule has 0 aromatic carbocycles. The summed E-state index contributed by atoms with van der Waals surface area (Å²) in [5.41, 5.74) is 0. The number of carbonyl (C=O) groups is 2. The maximum atomic E-state index is 11.9. The van der Waals surface area contributed by atoms with E-state index in [1.54, 1.807) is 29.4 Å². The third kappa shape index (κ3) is 4.24. The first-order chi connectivity index (χ1) is 9.65. The van der Waals surface area contributed by atoms with Crippen molar-refractivity contribution in [2.75, 3.05) is 19.7 Å². The van der Waals surface area contributed by atoms with Gasteiger partial charge in [0.15, 0.2) is 0 Å². The predicted octanol–water partition coefficient (Wildman–Crippen LogP) is 1.38. The maximum absolute atomic E-state index is 11.9. The lowest BCUT2D eigenvalue weighted by Crippen LogP contribution is -2.40. The summed E-state index contributed by atoms with van der Waals surface area (Å²) in [5, 5.41) is 8.54. The summed E-state index contributed by atoms with van der Waals surface area (Å²) in [5.74, 6) is -0.402. The van der Waals surface area contributed by atoms with Gasteiger partial charge in [0.2, 0.25) is 5.91 Å². The van der Waals surface area contributed by atoms with Crippen LogP contribution >= 0.6 is 0 Å². The second kappa shape index (κ2) is 6.91. The van der Waals surface area contributed by atoms with E-state index in [1.165, 1.54) is 6.08 Å². The Labute approximate surface area is 116 Å². The number of carbonyl (C=O) groups excluding carboxylic acids is 1. The van der Waals surface area contributed by atoms with Crippen LogP contribution in [0.5, 0.6) is 0 Å². The maximum Gasteiger partial charge on any atom is 0.329 e. The highest BCUT2D eigenvalue weighted by Crippen LogP contribution is 2.14. The normalized spacial score (nSPS) is 16.7. The molecule has 1 aromatic rings. The van der Waals surface area contributed by atoms with Crippen LogP contribution in [0.25, 0.3) is 6.08 Å². The SMILES string of the molecule is O=C(O)COC1CCN(C(=O)C=Cc2ccco2)CC1. The van der Waals surface area contributed by atoms with Crippen molar-refractivity contribution in [1.29, 1.82) is 0 Å². The molecule has 0 atom stereocenters. The topological polar surface area (TPSA) is 80.0 Å². The van der Waals surface area contributed by atoms with Crippen LogP contribution in [0, 0.1) is 0 Å². The summed E-state index contributed by atoms with van der Waals surface area (Å²) in [4.78, 5) is 24.1. The summed E-state index contributed by atoms with van der Waals surface area (Å²) in [6.45, 7) is 0.869. The Balaban J connectivity index is 1.75. The summed E-state index contributed by atoms with van der Waals surface area (Å²) in [6, 6.07) is 3.53. The Morgan fingerprint density at radius 1 is 1.45 bits per heavy atom. The number of rotatable bonds is 5. The Kier molecular flexibility index (Phi) is 4.95. The van der Waals surface area contributed by atoms with Gasteiger partial charge in [-0.25, -0.2) is 4.79 Å². The number of carboxylic acid groups (broad SMARTS) is 1. The molecule has 0 unspecified atom stereocenters. The van der Waals surface area contributed by atoms with Crippen LogP contribution in [-0.2, 0) is 14.3 Å². The van der Waals surface area contributed by atoms with E-state index in [-0.39, 0.29) is 18.6 Å². The molecule has 6 nitrogen and oxygen atoms in total. The highest BCUT2D eigenvalue weighted by atomic mass is 16.5. The van der Waals surface area contributed by atoms with Crippen LogP contribution < -0.4 is 0 Å². The molecule has 1 fully saturated rings. The number of hydrogen-bond acceptors (Lipinski definition) is 4. The van der Waals surface area contributed by atoms with Gasteiger partial charge in [-0.05, 0) is 31.1 Å². The van der Waals surface area contributed by atoms with E-state index in [9.17, 15) is 9.59 Å². The van der Waals surface area contributed by atoms with Gasteiger partial charge in [0.25, 0.3) is 0 Å². The molecule has 0 bridgehead atoms. The molecule has 6 heteroatoms. The van der Waals surface area contributed by atoms with E-state index in [0.29, 0.717) is 31.7 Å². The first-order valence-electron chi connectivity index (χ1n) is 6.49. The molecule has 1 aliphatic heterocycles. The van der Waals surface area contributed by atoms with Crippen molar-refractivity contribution < 1.29 is 23.8 Å². The fraction of sp³-hybridized carbons (Fsp3) is 0.429. The van der Waals surface area contributed by atoms with Crippen LogP contribution in [0.2, 0.25) is 0 Å². The lowest BCUT2D eigenvalue weighted by atomic mass is 10.1. The van der Waals surface area contributed by atoms with E-state index >= 15 is 0 Å². The fourth-order valence-corrected chi connectivity index (χ4v) is 2.08. The second-order valence-corrected chi connectivity index (χ2v) is 4.58. The van der Waals surface area contributed by atoms with Crippen molar-refractivity contribution in [3.8, 4) is 0 Å². The number of piperidine rings is 1. The predicted molar refractivity (Wildman–Crippen MR) is 70.9 cm³/mol. The highest BCUT2D eigenvalue weighted by molar-refractivity contribution is 5.91. The van der Waals surface area contributed by atoms with Crippen molar-refractivity contribution in [2.45, 2.75) is 18.9 Å². The third-order valence-corrected chi connectivity index (χ3v) is 3.13. The Morgan fingerprint density at radius 2 is 2.20 bits per heavy atom. The number of ether oxygens (including phenoxy) is 1. The van der Waals surface area contributed by atoms with Crippen LogP contribution in [0.3, 0.4) is 0 Å². The lowest BCUT2D eigenvalue weighted by Gasteiger charge is -2.30. The van der Waals surface area contributed by atoms with Gasteiger partial charge in [-0.15, -0.1) is 0 Å². The summed E-state index contributed by atoms with van der Waals surface area (Å²) in [6.07, 6.45) is 5.91. The number of hydrogen-bond donors (Lipinski definition) is 1. The molecule has 1 saturated heterocycles. The zero-order valence-corrected chi connectivity index (χ0v) is 11.0. The molecule has 0 saturated carbocycles. The second-order valence-electron chi connectivity index (χ2n) is 4.58. The van der Waals surface area contributed by atoms with Gasteiger partial charge in [-0.2, -0.15) is 0 Å². The van der Waals surface area contributed by atoms with E-state index in [4.69, 9.17) is 14.3 Å². The first-order valence-corrected chi connectivity index (χ1v) is 6.49. The van der Waals surface area contributed by atoms with Crippen LogP contribution in [0.15, 0.2) is 28.9 Å². The number of amides is 1. The number of carboxylic acids is 1. The zero-order valence-electron chi connectivity index (χ0n) is 11.0. The van der Waals surface area contributed by atoms with Gasteiger partial charge >= 0.3 is 5.97 Å². The monoisotopic (exact) mass is 279 g/mol. The number of aliphatic carboxylic acids is 1. The molecule has 20 heavy (non-hydrogen) atoms. The van der Waals surface area contributed by atoms with Crippen LogP contribution in [0.4, 0.5) is 0 Å². The number of likely N-dealkylation sites (tertiary alicyclic amines) is 1. The molecule has 2 heterocycles. The Hall–Kier alpha value is -2.08. The fourth-order valence-electron chi connectivity index (χ4n) is 2.08. The standard InChI is InChI=1S/C14H17NO5/c16-13(4-3-11-2-1-9-19-11)15-7-5-12(6-8-15)20-10-14(17)18/h1-4,9,12H,5-8,10H2,(H,17,18). The molecule has 1 N–H and O–H groups in total. The quantitative estimate of drug-likeness (QED) is 0.824. The summed E-state index contributed by atoms with van der Waals surface area (Å²) >= 11 is 0. The lowest BCUT2D eigenvalue weighted by molar-refractivity contribution is -0.146. The minimum Gasteiger partial charge on any atom is -0.480 e. The molecule has 0 radical (unpaired) electrons. The third-order valence-electron chi connectivity index (χ3n) is 3.13. The minimum absolute atomic E-state index is 0.0712. The highest BCUT2D eigenvalue weighted by Gasteiger charge is 2.22. The van der Waals surface area contributed by atoms with Gasteiger partial charge in [0.05, 0.1) is 12.4 Å². The van der Waals surface area contributed by atoms with E-state index < -0.39 is 5.97 Å². The minimum atomic E-state index is -0.968. The number of nitrogens with zero attached hydrogens (tertiary/aromatic N) is 1. The Morgan fingerprint density at radius 3 is 2.80 bits per heavy atom. The smallest absolute Gasteiger partial charge is 0.329 e. The van der Waals surface area contributed by atoms with Crippen LogP contribution in [0.1, 0.15) is 18.6 Å². The molecule has 1 aromatic heterocycles. The van der Waals surface area contributed by atoms with Crippen molar-refractivity contribution >= 4 is 18.0 Å². The molecule has 2 rings (SSSR count). The summed E-state index contributed by atoms with van der Waals surface area (Å²) < 4.78 is 10.3. The molecule has 1 amide bonds. The van der Waals surface area contributed by atoms with E-state index in [2.05, 4.69) is 0 Å². The average molecular weight is 279 g/mol.